The summed E-state index contributed by atoms with van der Waals surface area (Å²) in [6.45, 7) is 10.3. The lowest BCUT2D eigenvalue weighted by Gasteiger charge is -2.20. The van der Waals surface area contributed by atoms with Crippen LogP contribution in [0.1, 0.15) is 41.5 Å². The third-order valence-electron chi connectivity index (χ3n) is 1.40. The fraction of sp³-hybridized carbons (Fsp3) is 0.833. The zero-order chi connectivity index (χ0) is 14.6. The van der Waals surface area contributed by atoms with E-state index in [1.165, 1.54) is 0 Å². The van der Waals surface area contributed by atoms with Crippen LogP contribution in [-0.2, 0) is 29.9 Å². The summed E-state index contributed by atoms with van der Waals surface area (Å²) in [4.78, 5) is 22.7. The van der Waals surface area contributed by atoms with Crippen molar-refractivity contribution in [3.63, 3.8) is 0 Å². The Morgan fingerprint density at radius 3 is 1.33 bits per heavy atom. The molecule has 0 saturated carbocycles. The van der Waals surface area contributed by atoms with E-state index < -0.39 is 33.9 Å². The van der Waals surface area contributed by atoms with Crippen molar-refractivity contribution in [1.29, 1.82) is 0 Å². The van der Waals surface area contributed by atoms with Crippen LogP contribution < -0.4 is 0 Å². The molecule has 0 N–H and O–H groups in total. The second-order valence-electron chi connectivity index (χ2n) is 5.90. The molecule has 6 heteroatoms. The van der Waals surface area contributed by atoms with Gasteiger partial charge in [0.25, 0.3) is 0 Å². The molecule has 106 valence electrons. The van der Waals surface area contributed by atoms with Crippen LogP contribution in [0.15, 0.2) is 0 Å². The molecule has 0 radical (unpaired) electrons. The molecule has 0 aliphatic carbocycles. The number of esters is 2. The highest BCUT2D eigenvalue weighted by molar-refractivity contribution is 7.86. The minimum absolute atomic E-state index is 0.295. The van der Waals surface area contributed by atoms with Crippen LogP contribution in [-0.4, -0.2) is 38.9 Å². The van der Waals surface area contributed by atoms with Gasteiger partial charge in [-0.3, -0.25) is 13.8 Å². The monoisotopic (exact) mass is 278 g/mol. The van der Waals surface area contributed by atoms with Gasteiger partial charge in [0.05, 0.1) is 0 Å². The van der Waals surface area contributed by atoms with Crippen LogP contribution in [0, 0.1) is 0 Å². The largest absolute Gasteiger partial charge is 0.459 e. The van der Waals surface area contributed by atoms with E-state index >= 15 is 0 Å². The lowest BCUT2D eigenvalue weighted by Crippen LogP contribution is -2.31. The number of carbonyl (C=O) groups is 2. The minimum Gasteiger partial charge on any atom is -0.459 e. The van der Waals surface area contributed by atoms with E-state index in [0.29, 0.717) is 0 Å². The predicted molar refractivity (Wildman–Crippen MR) is 69.6 cm³/mol. The Morgan fingerprint density at radius 1 is 0.833 bits per heavy atom. The zero-order valence-electron chi connectivity index (χ0n) is 11.9. The van der Waals surface area contributed by atoms with Gasteiger partial charge in [-0.1, -0.05) is 0 Å². The van der Waals surface area contributed by atoms with Crippen LogP contribution in [0.25, 0.3) is 0 Å². The second-order valence-corrected chi connectivity index (χ2v) is 7.36. The summed E-state index contributed by atoms with van der Waals surface area (Å²) in [5.41, 5.74) is -1.24. The Bertz CT molecular complexity index is 303. The van der Waals surface area contributed by atoms with Crippen LogP contribution in [0.3, 0.4) is 0 Å². The molecule has 0 saturated heterocycles. The average molecular weight is 278 g/mol. The van der Waals surface area contributed by atoms with Crippen molar-refractivity contribution in [2.45, 2.75) is 52.7 Å². The lowest BCUT2D eigenvalue weighted by atomic mass is 10.2. The normalized spacial score (nSPS) is 12.4. The van der Waals surface area contributed by atoms with Crippen LogP contribution in [0.4, 0.5) is 0 Å². The second kappa shape index (κ2) is 6.31. The number of carbonyl (C=O) groups excluding carboxylic acids is 2. The minimum atomic E-state index is -1.60. The Morgan fingerprint density at radius 2 is 1.11 bits per heavy atom. The molecule has 5 nitrogen and oxygen atoms in total. The average Bonchev–Trinajstić information content (AvgIpc) is 1.92. The van der Waals surface area contributed by atoms with Crippen molar-refractivity contribution < 1.29 is 23.3 Å². The van der Waals surface area contributed by atoms with Crippen molar-refractivity contribution in [2.24, 2.45) is 0 Å². The molecule has 0 unspecified atom stereocenters. The highest BCUT2D eigenvalue weighted by Gasteiger charge is 2.22. The van der Waals surface area contributed by atoms with E-state index in [0.717, 1.165) is 0 Å². The van der Waals surface area contributed by atoms with Gasteiger partial charge >= 0.3 is 11.9 Å². The standard InChI is InChI=1S/C12H22O5S/c1-11(2,3)16-9(13)7-18(15)8-10(14)17-12(4,5)6/h7-8H2,1-6H3. The van der Waals surface area contributed by atoms with Gasteiger partial charge in [-0.25, -0.2) is 0 Å². The number of ether oxygens (including phenoxy) is 2. The number of rotatable bonds is 4. The molecule has 0 heterocycles. The van der Waals surface area contributed by atoms with Crippen molar-refractivity contribution in [2.75, 3.05) is 11.5 Å². The SMILES string of the molecule is CC(C)(C)OC(=O)CS(=O)CC(=O)OC(C)(C)C. The molecular formula is C12H22O5S. The van der Waals surface area contributed by atoms with E-state index in [1.54, 1.807) is 41.5 Å². The Balaban J connectivity index is 4.13. The van der Waals surface area contributed by atoms with Gasteiger partial charge in [0.1, 0.15) is 22.7 Å². The van der Waals surface area contributed by atoms with Gasteiger partial charge in [0.15, 0.2) is 0 Å². The summed E-state index contributed by atoms with van der Waals surface area (Å²) in [5.74, 6) is -1.75. The first kappa shape index (κ1) is 17.1. The maximum atomic E-state index is 11.5. The summed E-state index contributed by atoms with van der Waals surface area (Å²) in [6.07, 6.45) is 0. The fourth-order valence-electron chi connectivity index (χ4n) is 1.06. The molecule has 18 heavy (non-hydrogen) atoms. The summed E-state index contributed by atoms with van der Waals surface area (Å²) in [7, 11) is -1.60. The maximum absolute atomic E-state index is 11.5. The summed E-state index contributed by atoms with van der Waals surface area (Å²) in [6, 6.07) is 0. The van der Waals surface area contributed by atoms with Crippen molar-refractivity contribution >= 4 is 22.7 Å². The van der Waals surface area contributed by atoms with Crippen LogP contribution in [0.2, 0.25) is 0 Å². The van der Waals surface area contributed by atoms with Gasteiger partial charge in [-0.05, 0) is 41.5 Å². The van der Waals surface area contributed by atoms with E-state index in [4.69, 9.17) is 9.47 Å². The van der Waals surface area contributed by atoms with E-state index in [9.17, 15) is 13.8 Å². The van der Waals surface area contributed by atoms with Crippen molar-refractivity contribution in [3.05, 3.63) is 0 Å². The summed E-state index contributed by atoms with van der Waals surface area (Å²) in [5, 5.41) is 0. The molecule has 0 amide bonds. The Labute approximate surface area is 111 Å². The first-order valence-electron chi connectivity index (χ1n) is 5.68. The summed E-state index contributed by atoms with van der Waals surface area (Å²) < 4.78 is 21.6. The van der Waals surface area contributed by atoms with Gasteiger partial charge in [-0.15, -0.1) is 0 Å². The molecule has 0 fully saturated rings. The molecular weight excluding hydrogens is 256 g/mol. The van der Waals surface area contributed by atoms with Gasteiger partial charge in [-0.2, -0.15) is 0 Å². The molecule has 0 spiro atoms. The molecule has 0 atom stereocenters. The van der Waals surface area contributed by atoms with E-state index in [-0.39, 0.29) is 11.5 Å². The van der Waals surface area contributed by atoms with Crippen LogP contribution >= 0.6 is 0 Å². The molecule has 0 aliphatic heterocycles. The Kier molecular flexibility index (Phi) is 5.99. The zero-order valence-corrected chi connectivity index (χ0v) is 12.7. The maximum Gasteiger partial charge on any atom is 0.319 e. The molecule has 0 aromatic rings. The van der Waals surface area contributed by atoms with Gasteiger partial charge in [0, 0.05) is 10.8 Å². The third-order valence-corrected chi connectivity index (χ3v) is 2.51. The molecule has 0 rings (SSSR count). The van der Waals surface area contributed by atoms with Crippen molar-refractivity contribution in [1.82, 2.24) is 0 Å². The molecule has 0 aliphatic rings. The first-order valence-corrected chi connectivity index (χ1v) is 7.16. The lowest BCUT2D eigenvalue weighted by molar-refractivity contribution is -0.151. The molecule has 0 aromatic carbocycles. The first-order chi connectivity index (χ1) is 7.89. The highest BCUT2D eigenvalue weighted by atomic mass is 32.2. The predicted octanol–water partition coefficient (Wildman–Crippen LogP) is 1.42. The molecule has 0 bridgehead atoms. The fourth-order valence-corrected chi connectivity index (χ4v) is 1.80. The topological polar surface area (TPSA) is 69.7 Å². The summed E-state index contributed by atoms with van der Waals surface area (Å²) >= 11 is 0. The quantitative estimate of drug-likeness (QED) is 0.727. The van der Waals surface area contributed by atoms with Crippen molar-refractivity contribution in [3.8, 4) is 0 Å². The highest BCUT2D eigenvalue weighted by Crippen LogP contribution is 2.09. The van der Waals surface area contributed by atoms with Crippen LogP contribution in [0.5, 0.6) is 0 Å². The number of hydrogen-bond acceptors (Lipinski definition) is 5. The smallest absolute Gasteiger partial charge is 0.319 e. The number of hydrogen-bond donors (Lipinski definition) is 0. The molecule has 0 aromatic heterocycles. The van der Waals surface area contributed by atoms with E-state index in [1.807, 2.05) is 0 Å². The Hall–Kier alpha value is -0.910. The van der Waals surface area contributed by atoms with Gasteiger partial charge < -0.3 is 9.47 Å². The third kappa shape index (κ3) is 10.3. The van der Waals surface area contributed by atoms with E-state index in [2.05, 4.69) is 0 Å². The van der Waals surface area contributed by atoms with Gasteiger partial charge in [0.2, 0.25) is 0 Å².